The second-order valence-electron chi connectivity index (χ2n) is 6.19. The molecule has 1 aliphatic rings. The first kappa shape index (κ1) is 18.0. The van der Waals surface area contributed by atoms with Crippen LogP contribution in [-0.4, -0.2) is 46.5 Å². The predicted molar refractivity (Wildman–Crippen MR) is 87.6 cm³/mol. The van der Waals surface area contributed by atoms with Gasteiger partial charge in [0.05, 0.1) is 7.11 Å². The molecular weight excluding hydrogens is 348 g/mol. The Kier molecular flexibility index (Phi) is 4.29. The summed E-state index contributed by atoms with van der Waals surface area (Å²) in [5.41, 5.74) is -3.08. The third-order valence-corrected chi connectivity index (χ3v) is 4.65. The Hall–Kier alpha value is -2.78. The molecule has 2 atom stereocenters. The molecule has 4 N–H and O–H groups in total. The molecule has 3 rings (SSSR count). The molecule has 1 heterocycles. The van der Waals surface area contributed by atoms with E-state index in [-0.39, 0.29) is 36.4 Å². The summed E-state index contributed by atoms with van der Waals surface area (Å²) >= 11 is 0. The van der Waals surface area contributed by atoms with E-state index in [4.69, 9.17) is 13.9 Å². The van der Waals surface area contributed by atoms with Crippen molar-refractivity contribution in [2.45, 2.75) is 31.0 Å². The number of carbonyl (C=O) groups is 1. The van der Waals surface area contributed by atoms with Crippen LogP contribution in [-0.2, 0) is 15.1 Å². The molecule has 0 radical (unpaired) electrons. The normalized spacial score (nSPS) is 23.3. The lowest BCUT2D eigenvalue weighted by Gasteiger charge is -2.34. The van der Waals surface area contributed by atoms with Crippen LogP contribution in [0.1, 0.15) is 25.0 Å². The molecule has 140 valence electrons. The number of Topliss-reactive ketones (excluding diaryl/α,β-unsaturated/α-hetero) is 1. The van der Waals surface area contributed by atoms with E-state index in [9.17, 15) is 30.0 Å². The second kappa shape index (κ2) is 6.19. The van der Waals surface area contributed by atoms with Gasteiger partial charge in [-0.3, -0.25) is 9.59 Å². The minimum Gasteiger partial charge on any atom is -0.504 e. The van der Waals surface area contributed by atoms with Crippen LogP contribution in [0.5, 0.6) is 23.0 Å². The van der Waals surface area contributed by atoms with Crippen LogP contribution in [0.2, 0.25) is 0 Å². The van der Waals surface area contributed by atoms with E-state index in [1.807, 2.05) is 0 Å². The Bertz CT molecular complexity index is 946. The van der Waals surface area contributed by atoms with Gasteiger partial charge in [0.15, 0.2) is 23.0 Å². The zero-order valence-electron chi connectivity index (χ0n) is 14.1. The summed E-state index contributed by atoms with van der Waals surface area (Å²) in [5.74, 6) is -3.09. The minimum atomic E-state index is -1.82. The molecule has 1 saturated carbocycles. The second-order valence-corrected chi connectivity index (χ2v) is 6.19. The quantitative estimate of drug-likeness (QED) is 0.621. The summed E-state index contributed by atoms with van der Waals surface area (Å²) in [5, 5.41) is 40.8. The number of fused-ring (bicyclic) bond motifs is 1. The zero-order valence-corrected chi connectivity index (χ0v) is 14.1. The molecule has 0 aliphatic heterocycles. The number of hydrogen-bond acceptors (Lipinski definition) is 9. The maximum atomic E-state index is 12.5. The fraction of sp³-hybridized carbons (Fsp3) is 0.412. The third kappa shape index (κ3) is 2.56. The highest BCUT2D eigenvalue weighted by Crippen LogP contribution is 2.45. The number of carbonyl (C=O) groups excluding carboxylic acids is 1. The number of methoxy groups -OCH3 is 2. The van der Waals surface area contributed by atoms with Gasteiger partial charge in [-0.1, -0.05) is 0 Å². The molecule has 9 heteroatoms. The Balaban J connectivity index is 2.24. The van der Waals surface area contributed by atoms with Gasteiger partial charge in [-0.05, 0) is 6.42 Å². The van der Waals surface area contributed by atoms with Crippen LogP contribution in [0.15, 0.2) is 15.3 Å². The number of hydrogen-bond donors (Lipinski definition) is 4. The number of aliphatic hydroxyl groups is 1. The Morgan fingerprint density at radius 2 is 1.88 bits per heavy atom. The lowest BCUT2D eigenvalue weighted by molar-refractivity contribution is -0.143. The van der Waals surface area contributed by atoms with Crippen molar-refractivity contribution < 1.29 is 39.1 Å². The van der Waals surface area contributed by atoms with E-state index in [0.29, 0.717) is 0 Å². The first-order chi connectivity index (χ1) is 12.2. The van der Waals surface area contributed by atoms with E-state index >= 15 is 0 Å². The molecule has 0 bridgehead atoms. The van der Waals surface area contributed by atoms with Crippen LogP contribution in [0.25, 0.3) is 11.0 Å². The van der Waals surface area contributed by atoms with Crippen LogP contribution < -0.4 is 10.2 Å². The van der Waals surface area contributed by atoms with Crippen molar-refractivity contribution in [3.8, 4) is 23.0 Å². The van der Waals surface area contributed by atoms with Gasteiger partial charge < -0.3 is 34.3 Å². The van der Waals surface area contributed by atoms with Gasteiger partial charge >= 0.3 is 0 Å². The Labute approximate surface area is 147 Å². The average molecular weight is 366 g/mol. The minimum absolute atomic E-state index is 0.0324. The molecule has 9 nitrogen and oxygen atoms in total. The monoisotopic (exact) mass is 366 g/mol. The smallest absolute Gasteiger partial charge is 0.238 e. The molecule has 1 aromatic carbocycles. The van der Waals surface area contributed by atoms with E-state index in [0.717, 1.165) is 6.07 Å². The molecule has 1 aromatic heterocycles. The Morgan fingerprint density at radius 3 is 2.50 bits per heavy atom. The van der Waals surface area contributed by atoms with Crippen molar-refractivity contribution >= 4 is 16.8 Å². The number of rotatable bonds is 3. The number of phenolic OH excluding ortho intramolecular Hbond substituents is 2. The SMILES string of the molecule is COc1c(O)cc2oc(C3(O)CCC(=O)C(OC)C3)c(O)c(=O)c2c1O. The van der Waals surface area contributed by atoms with Crippen LogP contribution >= 0.6 is 0 Å². The largest absolute Gasteiger partial charge is 0.504 e. The van der Waals surface area contributed by atoms with Gasteiger partial charge in [0, 0.05) is 26.0 Å². The molecule has 0 spiro atoms. The van der Waals surface area contributed by atoms with Crippen molar-refractivity contribution in [2.24, 2.45) is 0 Å². The number of aromatic hydroxyl groups is 3. The number of ether oxygens (including phenoxy) is 2. The third-order valence-electron chi connectivity index (χ3n) is 4.65. The molecule has 1 fully saturated rings. The van der Waals surface area contributed by atoms with Gasteiger partial charge in [0.1, 0.15) is 22.7 Å². The first-order valence-corrected chi connectivity index (χ1v) is 7.80. The van der Waals surface area contributed by atoms with E-state index in [2.05, 4.69) is 0 Å². The Morgan fingerprint density at radius 1 is 1.19 bits per heavy atom. The topological polar surface area (TPSA) is 147 Å². The summed E-state index contributed by atoms with van der Waals surface area (Å²) in [4.78, 5) is 24.3. The highest BCUT2D eigenvalue weighted by atomic mass is 16.5. The van der Waals surface area contributed by atoms with Crippen molar-refractivity contribution in [3.05, 3.63) is 22.0 Å². The molecule has 0 amide bonds. The first-order valence-electron chi connectivity index (χ1n) is 7.80. The summed E-state index contributed by atoms with van der Waals surface area (Å²) in [6, 6.07) is 1.03. The maximum absolute atomic E-state index is 12.5. The summed E-state index contributed by atoms with van der Waals surface area (Å²) in [7, 11) is 2.50. The summed E-state index contributed by atoms with van der Waals surface area (Å²) in [6.07, 6.45) is -1.23. The van der Waals surface area contributed by atoms with Crippen LogP contribution in [0.4, 0.5) is 0 Å². The lowest BCUT2D eigenvalue weighted by atomic mass is 9.80. The van der Waals surface area contributed by atoms with Crippen molar-refractivity contribution in [3.63, 3.8) is 0 Å². The fourth-order valence-electron chi connectivity index (χ4n) is 3.24. The molecule has 26 heavy (non-hydrogen) atoms. The van der Waals surface area contributed by atoms with Gasteiger partial charge in [-0.25, -0.2) is 0 Å². The summed E-state index contributed by atoms with van der Waals surface area (Å²) < 4.78 is 15.3. The van der Waals surface area contributed by atoms with Crippen molar-refractivity contribution in [1.29, 1.82) is 0 Å². The highest BCUT2D eigenvalue weighted by molar-refractivity contribution is 5.89. The van der Waals surface area contributed by atoms with Crippen molar-refractivity contribution in [1.82, 2.24) is 0 Å². The lowest BCUT2D eigenvalue weighted by Crippen LogP contribution is -2.41. The maximum Gasteiger partial charge on any atom is 0.238 e. The zero-order chi connectivity index (χ0) is 19.2. The van der Waals surface area contributed by atoms with Crippen molar-refractivity contribution in [2.75, 3.05) is 14.2 Å². The standard InChI is InChI=1S/C17H18O9/c1-24-10-6-17(23,4-3-7(10)18)16-14(22)12(20)11-9(26-16)5-8(19)15(25-2)13(11)21/h5,10,19,21-23H,3-4,6H2,1-2H3. The number of benzene rings is 1. The van der Waals surface area contributed by atoms with Gasteiger partial charge in [-0.15, -0.1) is 0 Å². The molecule has 1 aliphatic carbocycles. The molecular formula is C17H18O9. The highest BCUT2D eigenvalue weighted by Gasteiger charge is 2.45. The van der Waals surface area contributed by atoms with E-state index in [1.165, 1.54) is 14.2 Å². The molecule has 2 aromatic rings. The predicted octanol–water partition coefficient (Wildman–Crippen LogP) is 0.874. The summed E-state index contributed by atoms with van der Waals surface area (Å²) in [6.45, 7) is 0. The molecule has 2 unspecified atom stereocenters. The van der Waals surface area contributed by atoms with Crippen LogP contribution in [0.3, 0.4) is 0 Å². The average Bonchev–Trinajstić information content (AvgIpc) is 2.60. The number of ketones is 1. The van der Waals surface area contributed by atoms with Crippen LogP contribution in [0, 0.1) is 0 Å². The van der Waals surface area contributed by atoms with E-state index in [1.54, 1.807) is 0 Å². The molecule has 0 saturated heterocycles. The fourth-order valence-corrected chi connectivity index (χ4v) is 3.24. The van der Waals surface area contributed by atoms with Gasteiger partial charge in [-0.2, -0.15) is 0 Å². The van der Waals surface area contributed by atoms with E-state index < -0.39 is 45.5 Å². The number of phenols is 2. The van der Waals surface area contributed by atoms with Gasteiger partial charge in [0.25, 0.3) is 0 Å². The van der Waals surface area contributed by atoms with Gasteiger partial charge in [0.2, 0.25) is 16.9 Å².